The number of aromatic nitrogens is 3. The van der Waals surface area contributed by atoms with Crippen LogP contribution in [0.4, 0.5) is 0 Å². The molecular formula is C11H18N4. The highest BCUT2D eigenvalue weighted by Gasteiger charge is 2.23. The fraction of sp³-hybridized carbons (Fsp3) is 0.818. The normalized spacial score (nSPS) is 22.7. The van der Waals surface area contributed by atoms with Gasteiger partial charge < -0.3 is 9.88 Å². The van der Waals surface area contributed by atoms with E-state index in [2.05, 4.69) is 20.1 Å². The Morgan fingerprint density at radius 3 is 2.87 bits per heavy atom. The van der Waals surface area contributed by atoms with Crippen LogP contribution in [0.15, 0.2) is 0 Å². The van der Waals surface area contributed by atoms with Gasteiger partial charge in [0.1, 0.15) is 11.6 Å². The van der Waals surface area contributed by atoms with Gasteiger partial charge in [0.05, 0.1) is 0 Å². The maximum absolute atomic E-state index is 4.41. The van der Waals surface area contributed by atoms with Crippen molar-refractivity contribution >= 4 is 0 Å². The standard InChI is InChI=1S/C11H18N4/c1-2-8-15-10(3-1)13-14-11(15)9-4-6-12-7-5-9/h9,12H,1-8H2. The highest BCUT2D eigenvalue weighted by molar-refractivity contribution is 5.05. The molecule has 0 saturated carbocycles. The monoisotopic (exact) mass is 206 g/mol. The van der Waals surface area contributed by atoms with Crippen molar-refractivity contribution in [2.45, 2.75) is 44.6 Å². The molecule has 15 heavy (non-hydrogen) atoms. The molecule has 0 unspecified atom stereocenters. The molecule has 1 aromatic rings. The molecule has 1 N–H and O–H groups in total. The molecule has 0 aliphatic carbocycles. The average Bonchev–Trinajstić information content (AvgIpc) is 2.74. The van der Waals surface area contributed by atoms with Gasteiger partial charge in [-0.3, -0.25) is 0 Å². The van der Waals surface area contributed by atoms with Crippen LogP contribution in [0.5, 0.6) is 0 Å². The summed E-state index contributed by atoms with van der Waals surface area (Å²) in [6, 6.07) is 0. The van der Waals surface area contributed by atoms with Gasteiger partial charge in [0.15, 0.2) is 0 Å². The Morgan fingerprint density at radius 2 is 2.00 bits per heavy atom. The fourth-order valence-electron chi connectivity index (χ4n) is 2.71. The van der Waals surface area contributed by atoms with E-state index in [0.717, 1.165) is 26.1 Å². The lowest BCUT2D eigenvalue weighted by Gasteiger charge is -2.24. The molecule has 0 radical (unpaired) electrons. The molecule has 3 rings (SSSR count). The summed E-state index contributed by atoms with van der Waals surface area (Å²) in [4.78, 5) is 0. The third-order valence-electron chi connectivity index (χ3n) is 3.59. The van der Waals surface area contributed by atoms with Crippen molar-refractivity contribution in [1.29, 1.82) is 0 Å². The minimum absolute atomic E-state index is 0.644. The smallest absolute Gasteiger partial charge is 0.136 e. The van der Waals surface area contributed by atoms with Gasteiger partial charge in [0.2, 0.25) is 0 Å². The van der Waals surface area contributed by atoms with Crippen LogP contribution >= 0.6 is 0 Å². The first-order chi connectivity index (χ1) is 7.45. The van der Waals surface area contributed by atoms with Crippen LogP contribution in [0.1, 0.15) is 43.3 Å². The molecule has 2 aliphatic rings. The van der Waals surface area contributed by atoms with Crippen molar-refractivity contribution < 1.29 is 0 Å². The number of hydrogen-bond donors (Lipinski definition) is 1. The van der Waals surface area contributed by atoms with Crippen LogP contribution in [-0.4, -0.2) is 27.9 Å². The molecule has 0 bridgehead atoms. The van der Waals surface area contributed by atoms with E-state index in [1.807, 2.05) is 0 Å². The highest BCUT2D eigenvalue weighted by atomic mass is 15.3. The van der Waals surface area contributed by atoms with Gasteiger partial charge in [-0.15, -0.1) is 10.2 Å². The Balaban J connectivity index is 1.87. The summed E-state index contributed by atoms with van der Waals surface area (Å²) in [5.41, 5.74) is 0. The number of aryl methyl sites for hydroxylation is 1. The van der Waals surface area contributed by atoms with E-state index in [0.29, 0.717) is 5.92 Å². The summed E-state index contributed by atoms with van der Waals surface area (Å²) in [5.74, 6) is 3.12. The molecule has 1 saturated heterocycles. The molecule has 0 aromatic carbocycles. The number of nitrogens with zero attached hydrogens (tertiary/aromatic N) is 3. The van der Waals surface area contributed by atoms with E-state index >= 15 is 0 Å². The number of hydrogen-bond acceptors (Lipinski definition) is 3. The van der Waals surface area contributed by atoms with Crippen molar-refractivity contribution in [3.63, 3.8) is 0 Å². The molecule has 4 nitrogen and oxygen atoms in total. The number of nitrogens with one attached hydrogen (secondary N) is 1. The number of rotatable bonds is 1. The van der Waals surface area contributed by atoms with Gasteiger partial charge in [-0.2, -0.15) is 0 Å². The summed E-state index contributed by atoms with van der Waals surface area (Å²) >= 11 is 0. The third kappa shape index (κ3) is 1.67. The molecule has 0 amide bonds. The first kappa shape index (κ1) is 9.33. The molecule has 0 spiro atoms. The first-order valence-electron chi connectivity index (χ1n) is 6.08. The van der Waals surface area contributed by atoms with Crippen LogP contribution in [0.25, 0.3) is 0 Å². The van der Waals surface area contributed by atoms with E-state index in [1.54, 1.807) is 0 Å². The van der Waals surface area contributed by atoms with Gasteiger partial charge in [0, 0.05) is 18.9 Å². The fourth-order valence-corrected chi connectivity index (χ4v) is 2.71. The Kier molecular flexibility index (Phi) is 2.44. The second-order valence-corrected chi connectivity index (χ2v) is 4.61. The van der Waals surface area contributed by atoms with Crippen LogP contribution < -0.4 is 5.32 Å². The molecule has 1 fully saturated rings. The maximum Gasteiger partial charge on any atom is 0.136 e. The molecule has 1 aromatic heterocycles. The first-order valence-corrected chi connectivity index (χ1v) is 6.08. The lowest BCUT2D eigenvalue weighted by Crippen LogP contribution is -2.28. The molecular weight excluding hydrogens is 188 g/mol. The van der Waals surface area contributed by atoms with Gasteiger partial charge in [-0.25, -0.2) is 0 Å². The van der Waals surface area contributed by atoms with Gasteiger partial charge in [0.25, 0.3) is 0 Å². The molecule has 0 atom stereocenters. The molecule has 4 heteroatoms. The highest BCUT2D eigenvalue weighted by Crippen LogP contribution is 2.26. The predicted octanol–water partition coefficient (Wildman–Crippen LogP) is 1.08. The lowest BCUT2D eigenvalue weighted by molar-refractivity contribution is 0.416. The minimum Gasteiger partial charge on any atom is -0.317 e. The number of piperidine rings is 1. The zero-order valence-electron chi connectivity index (χ0n) is 9.08. The zero-order chi connectivity index (χ0) is 10.1. The largest absolute Gasteiger partial charge is 0.317 e. The molecule has 2 aliphatic heterocycles. The van der Waals surface area contributed by atoms with E-state index in [1.165, 1.54) is 37.3 Å². The summed E-state index contributed by atoms with van der Waals surface area (Å²) in [6.45, 7) is 3.40. The minimum atomic E-state index is 0.644. The molecule has 82 valence electrons. The predicted molar refractivity (Wildman–Crippen MR) is 57.8 cm³/mol. The van der Waals surface area contributed by atoms with Crippen molar-refractivity contribution in [2.24, 2.45) is 0 Å². The summed E-state index contributed by atoms with van der Waals surface area (Å²) in [7, 11) is 0. The summed E-state index contributed by atoms with van der Waals surface area (Å²) < 4.78 is 2.37. The van der Waals surface area contributed by atoms with Crippen molar-refractivity contribution in [2.75, 3.05) is 13.1 Å². The zero-order valence-corrected chi connectivity index (χ0v) is 9.08. The van der Waals surface area contributed by atoms with Crippen LogP contribution in [-0.2, 0) is 13.0 Å². The lowest BCUT2D eigenvalue weighted by atomic mass is 9.97. The van der Waals surface area contributed by atoms with Crippen LogP contribution in [0, 0.1) is 0 Å². The number of fused-ring (bicyclic) bond motifs is 1. The Hall–Kier alpha value is -0.900. The SMILES string of the molecule is C1CCn2c(nnc2C2CCNCC2)C1. The topological polar surface area (TPSA) is 42.7 Å². The van der Waals surface area contributed by atoms with Crippen LogP contribution in [0.2, 0.25) is 0 Å². The Labute approximate surface area is 90.1 Å². The summed E-state index contributed by atoms with van der Waals surface area (Å²) in [6.07, 6.45) is 6.14. The van der Waals surface area contributed by atoms with E-state index in [9.17, 15) is 0 Å². The maximum atomic E-state index is 4.41. The second-order valence-electron chi connectivity index (χ2n) is 4.61. The van der Waals surface area contributed by atoms with Gasteiger partial charge >= 0.3 is 0 Å². The summed E-state index contributed by atoms with van der Waals surface area (Å²) in [5, 5.41) is 12.1. The second kappa shape index (κ2) is 3.93. The van der Waals surface area contributed by atoms with E-state index in [-0.39, 0.29) is 0 Å². The Bertz CT molecular complexity index is 338. The van der Waals surface area contributed by atoms with Crippen molar-refractivity contribution in [3.8, 4) is 0 Å². The van der Waals surface area contributed by atoms with Crippen molar-refractivity contribution in [3.05, 3.63) is 11.6 Å². The average molecular weight is 206 g/mol. The van der Waals surface area contributed by atoms with Crippen LogP contribution in [0.3, 0.4) is 0 Å². The van der Waals surface area contributed by atoms with Gasteiger partial charge in [-0.1, -0.05) is 0 Å². The molecule has 3 heterocycles. The van der Waals surface area contributed by atoms with Crippen molar-refractivity contribution in [1.82, 2.24) is 20.1 Å². The van der Waals surface area contributed by atoms with E-state index in [4.69, 9.17) is 0 Å². The Morgan fingerprint density at radius 1 is 1.13 bits per heavy atom. The third-order valence-corrected chi connectivity index (χ3v) is 3.59. The van der Waals surface area contributed by atoms with E-state index < -0.39 is 0 Å². The quantitative estimate of drug-likeness (QED) is 0.747. The van der Waals surface area contributed by atoms with Gasteiger partial charge in [-0.05, 0) is 38.8 Å².